The molecule has 5 heteroatoms. The predicted octanol–water partition coefficient (Wildman–Crippen LogP) is 4.20. The molecule has 0 saturated heterocycles. The molecule has 0 fully saturated rings. The molecule has 0 saturated carbocycles. The monoisotopic (exact) mass is 366 g/mol. The summed E-state index contributed by atoms with van der Waals surface area (Å²) >= 11 is 7.54. The molecule has 2 aromatic rings. The van der Waals surface area contributed by atoms with Gasteiger partial charge in [-0.2, -0.15) is 12.6 Å². The maximum atomic E-state index is 11.5. The van der Waals surface area contributed by atoms with Crippen molar-refractivity contribution in [1.82, 2.24) is 0 Å². The molecule has 0 aliphatic heterocycles. The molecular weight excluding hydrogens is 352 g/mol. The Bertz CT molecular complexity index is 626. The summed E-state index contributed by atoms with van der Waals surface area (Å²) in [7, 11) is 0. The third kappa shape index (κ3) is 4.25. The first-order valence-corrected chi connectivity index (χ1v) is 7.87. The largest absolute Gasteiger partial charge is 0.488 e. The first-order valence-electron chi connectivity index (χ1n) is 6.45. The minimum atomic E-state index is -0.974. The highest BCUT2D eigenvalue weighted by Crippen LogP contribution is 2.24. The molecular formula is C16H15BrO3S. The summed E-state index contributed by atoms with van der Waals surface area (Å²) in [5.41, 5.74) is 1.95. The second-order valence-electron chi connectivity index (χ2n) is 4.48. The highest BCUT2D eigenvalue weighted by molar-refractivity contribution is 9.10. The summed E-state index contributed by atoms with van der Waals surface area (Å²) < 4.78 is 6.68. The molecule has 0 aromatic heterocycles. The van der Waals surface area contributed by atoms with Crippen molar-refractivity contribution >= 4 is 34.5 Å². The van der Waals surface area contributed by atoms with Crippen LogP contribution in [0.1, 0.15) is 21.5 Å². The number of aryl methyl sites for hydroxylation is 1. The molecule has 0 aliphatic carbocycles. The van der Waals surface area contributed by atoms with Crippen LogP contribution in [0, 0.1) is 0 Å². The Balaban J connectivity index is 2.21. The van der Waals surface area contributed by atoms with Crippen molar-refractivity contribution < 1.29 is 14.6 Å². The van der Waals surface area contributed by atoms with Gasteiger partial charge < -0.3 is 9.84 Å². The lowest BCUT2D eigenvalue weighted by atomic mass is 10.0. The Morgan fingerprint density at radius 3 is 2.52 bits per heavy atom. The lowest BCUT2D eigenvalue weighted by Crippen LogP contribution is -2.07. The van der Waals surface area contributed by atoms with Crippen molar-refractivity contribution in [3.05, 3.63) is 63.6 Å². The lowest BCUT2D eigenvalue weighted by molar-refractivity contribution is 0.0690. The molecule has 2 aromatic carbocycles. The number of aromatic carboxylic acids is 1. The van der Waals surface area contributed by atoms with Crippen molar-refractivity contribution in [2.24, 2.45) is 0 Å². The molecule has 0 radical (unpaired) electrons. The van der Waals surface area contributed by atoms with Crippen molar-refractivity contribution in [3.63, 3.8) is 0 Å². The molecule has 0 aliphatic rings. The van der Waals surface area contributed by atoms with Crippen LogP contribution in [0.5, 0.6) is 5.75 Å². The second kappa shape index (κ2) is 7.52. The van der Waals surface area contributed by atoms with Crippen LogP contribution in [-0.4, -0.2) is 16.8 Å². The quantitative estimate of drug-likeness (QED) is 0.753. The van der Waals surface area contributed by atoms with Gasteiger partial charge in [0.1, 0.15) is 17.9 Å². The van der Waals surface area contributed by atoms with E-state index in [2.05, 4.69) is 28.6 Å². The third-order valence-electron chi connectivity index (χ3n) is 3.02. The number of halogens is 1. The SMILES string of the molecule is O=C(O)c1c(CCS)cccc1OCc1ccc(Br)cc1. The zero-order valence-electron chi connectivity index (χ0n) is 11.3. The molecule has 3 nitrogen and oxygen atoms in total. The van der Waals surface area contributed by atoms with Gasteiger partial charge in [-0.25, -0.2) is 4.79 Å². The smallest absolute Gasteiger partial charge is 0.339 e. The molecule has 21 heavy (non-hydrogen) atoms. The van der Waals surface area contributed by atoms with Crippen molar-refractivity contribution in [3.8, 4) is 5.75 Å². The van der Waals surface area contributed by atoms with Gasteiger partial charge in [-0.15, -0.1) is 0 Å². The van der Waals surface area contributed by atoms with E-state index in [0.717, 1.165) is 15.6 Å². The summed E-state index contributed by atoms with van der Waals surface area (Å²) in [6.45, 7) is 0.331. The number of carboxylic acid groups (broad SMARTS) is 1. The average Bonchev–Trinajstić information content (AvgIpc) is 2.47. The molecule has 0 unspecified atom stereocenters. The number of thiol groups is 1. The van der Waals surface area contributed by atoms with E-state index in [1.807, 2.05) is 30.3 Å². The highest BCUT2D eigenvalue weighted by atomic mass is 79.9. The van der Waals surface area contributed by atoms with E-state index in [-0.39, 0.29) is 5.56 Å². The van der Waals surface area contributed by atoms with Gasteiger partial charge in [0.25, 0.3) is 0 Å². The van der Waals surface area contributed by atoms with E-state index in [9.17, 15) is 9.90 Å². The molecule has 110 valence electrons. The van der Waals surface area contributed by atoms with Gasteiger partial charge in [0.2, 0.25) is 0 Å². The fraction of sp³-hybridized carbons (Fsp3) is 0.188. The van der Waals surface area contributed by atoms with E-state index in [1.54, 1.807) is 12.1 Å². The van der Waals surface area contributed by atoms with Crippen LogP contribution in [-0.2, 0) is 13.0 Å². The number of carboxylic acids is 1. The summed E-state index contributed by atoms with van der Waals surface area (Å²) in [5.74, 6) is 0.0130. The van der Waals surface area contributed by atoms with Crippen molar-refractivity contribution in [2.45, 2.75) is 13.0 Å². The third-order valence-corrected chi connectivity index (χ3v) is 3.77. The molecule has 2 rings (SSSR count). The first kappa shape index (κ1) is 15.9. The van der Waals surface area contributed by atoms with E-state index in [1.165, 1.54) is 0 Å². The van der Waals surface area contributed by atoms with Gasteiger partial charge >= 0.3 is 5.97 Å². The van der Waals surface area contributed by atoms with Crippen LogP contribution in [0.3, 0.4) is 0 Å². The van der Waals surface area contributed by atoms with E-state index >= 15 is 0 Å². The van der Waals surface area contributed by atoms with Crippen LogP contribution < -0.4 is 4.74 Å². The van der Waals surface area contributed by atoms with Crippen LogP contribution >= 0.6 is 28.6 Å². The first-order chi connectivity index (χ1) is 10.1. The van der Waals surface area contributed by atoms with Gasteiger partial charge in [0, 0.05) is 4.47 Å². The van der Waals surface area contributed by atoms with E-state index < -0.39 is 5.97 Å². The molecule has 1 N–H and O–H groups in total. The van der Waals surface area contributed by atoms with Crippen molar-refractivity contribution in [2.75, 3.05) is 5.75 Å². The van der Waals surface area contributed by atoms with Gasteiger partial charge in [-0.3, -0.25) is 0 Å². The average molecular weight is 367 g/mol. The number of hydrogen-bond donors (Lipinski definition) is 2. The van der Waals surface area contributed by atoms with E-state index in [0.29, 0.717) is 24.5 Å². The lowest BCUT2D eigenvalue weighted by Gasteiger charge is -2.12. The summed E-state index contributed by atoms with van der Waals surface area (Å²) in [5, 5.41) is 9.40. The maximum absolute atomic E-state index is 11.5. The van der Waals surface area contributed by atoms with Gasteiger partial charge in [0.05, 0.1) is 0 Å². The van der Waals surface area contributed by atoms with Crippen LogP contribution in [0.25, 0.3) is 0 Å². The highest BCUT2D eigenvalue weighted by Gasteiger charge is 2.16. The fourth-order valence-corrected chi connectivity index (χ4v) is 2.52. The fourth-order valence-electron chi connectivity index (χ4n) is 2.01. The number of ether oxygens (including phenoxy) is 1. The second-order valence-corrected chi connectivity index (χ2v) is 5.85. The Kier molecular flexibility index (Phi) is 5.70. The van der Waals surface area contributed by atoms with Crippen LogP contribution in [0.15, 0.2) is 46.9 Å². The summed E-state index contributed by atoms with van der Waals surface area (Å²) in [6.07, 6.45) is 0.597. The standard InChI is InChI=1S/C16H15BrO3S/c17-13-6-4-11(5-7-13)10-20-14-3-1-2-12(8-9-21)15(14)16(18)19/h1-7,21H,8-10H2,(H,18,19). The van der Waals surface area contributed by atoms with Gasteiger partial charge in [-0.1, -0.05) is 40.2 Å². The molecule has 0 atom stereocenters. The molecule has 0 spiro atoms. The number of carbonyl (C=O) groups is 1. The summed E-state index contributed by atoms with van der Waals surface area (Å²) in [4.78, 5) is 11.5. The summed E-state index contributed by atoms with van der Waals surface area (Å²) in [6, 6.07) is 13.0. The van der Waals surface area contributed by atoms with Gasteiger partial charge in [0.15, 0.2) is 0 Å². The maximum Gasteiger partial charge on any atom is 0.339 e. The Morgan fingerprint density at radius 1 is 1.19 bits per heavy atom. The van der Waals surface area contributed by atoms with Crippen molar-refractivity contribution in [1.29, 1.82) is 0 Å². The number of rotatable bonds is 6. The zero-order chi connectivity index (χ0) is 15.2. The molecule has 0 bridgehead atoms. The Labute approximate surface area is 137 Å². The Hall–Kier alpha value is -1.46. The normalized spacial score (nSPS) is 10.4. The zero-order valence-corrected chi connectivity index (χ0v) is 13.7. The van der Waals surface area contributed by atoms with Crippen LogP contribution in [0.2, 0.25) is 0 Å². The topological polar surface area (TPSA) is 46.5 Å². The number of benzene rings is 2. The predicted molar refractivity (Wildman–Crippen MR) is 89.4 cm³/mol. The Morgan fingerprint density at radius 2 is 1.90 bits per heavy atom. The minimum absolute atomic E-state index is 0.226. The molecule has 0 amide bonds. The van der Waals surface area contributed by atoms with E-state index in [4.69, 9.17) is 4.74 Å². The molecule has 0 heterocycles. The minimum Gasteiger partial charge on any atom is -0.488 e. The van der Waals surface area contributed by atoms with Crippen LogP contribution in [0.4, 0.5) is 0 Å². The van der Waals surface area contributed by atoms with Gasteiger partial charge in [-0.05, 0) is 41.5 Å². The number of hydrogen-bond acceptors (Lipinski definition) is 3.